The minimum Gasteiger partial charge on any atom is -0.299 e. The zero-order valence-electron chi connectivity index (χ0n) is 5.05. The Morgan fingerprint density at radius 2 is 2.50 bits per heavy atom. The monoisotopic (exact) mass is 110 g/mol. The molecule has 0 aliphatic heterocycles. The average molecular weight is 110 g/mol. The largest absolute Gasteiger partial charge is 0.299 e. The van der Waals surface area contributed by atoms with Crippen LogP contribution in [0.1, 0.15) is 19.8 Å². The smallest absolute Gasteiger partial charge is 0.141 e. The number of rotatable bonds is 2. The topological polar surface area (TPSA) is 17.1 Å². The molecule has 8 heavy (non-hydrogen) atoms. The van der Waals surface area contributed by atoms with Crippen LogP contribution in [0.3, 0.4) is 0 Å². The summed E-state index contributed by atoms with van der Waals surface area (Å²) in [4.78, 5) is 10.3. The molecule has 0 spiro atoms. The van der Waals surface area contributed by atoms with E-state index in [2.05, 4.69) is 13.0 Å². The standard InChI is InChI=1S/C7H10O/c1-2-3-4-6-5-7(6)8/h3-4,6H,2,5H2,1H3. The third kappa shape index (κ3) is 1.19. The Morgan fingerprint density at radius 3 is 2.88 bits per heavy atom. The van der Waals surface area contributed by atoms with Gasteiger partial charge in [0.2, 0.25) is 0 Å². The number of ketones is 1. The van der Waals surface area contributed by atoms with Crippen molar-refractivity contribution in [2.75, 3.05) is 0 Å². The van der Waals surface area contributed by atoms with Gasteiger partial charge in [0, 0.05) is 12.3 Å². The second kappa shape index (κ2) is 2.12. The molecule has 0 amide bonds. The first-order valence-corrected chi connectivity index (χ1v) is 3.04. The van der Waals surface area contributed by atoms with Gasteiger partial charge in [0.15, 0.2) is 0 Å². The van der Waals surface area contributed by atoms with E-state index >= 15 is 0 Å². The molecule has 1 aliphatic rings. The van der Waals surface area contributed by atoms with Gasteiger partial charge >= 0.3 is 0 Å². The number of hydrogen-bond donors (Lipinski definition) is 0. The highest BCUT2D eigenvalue weighted by Gasteiger charge is 2.30. The number of hydrogen-bond acceptors (Lipinski definition) is 1. The van der Waals surface area contributed by atoms with E-state index in [4.69, 9.17) is 0 Å². The van der Waals surface area contributed by atoms with Crippen LogP contribution in [0.2, 0.25) is 0 Å². The molecular formula is C7H10O. The first-order chi connectivity index (χ1) is 3.84. The third-order valence-electron chi connectivity index (χ3n) is 1.28. The van der Waals surface area contributed by atoms with Gasteiger partial charge in [-0.05, 0) is 6.42 Å². The molecule has 1 aliphatic carbocycles. The van der Waals surface area contributed by atoms with Crippen LogP contribution in [-0.2, 0) is 4.79 Å². The van der Waals surface area contributed by atoms with Gasteiger partial charge in [-0.15, -0.1) is 0 Å². The van der Waals surface area contributed by atoms with E-state index in [1.165, 1.54) is 0 Å². The minimum absolute atomic E-state index is 0.301. The van der Waals surface area contributed by atoms with Crippen molar-refractivity contribution in [1.82, 2.24) is 0 Å². The number of carbonyl (C=O) groups is 1. The van der Waals surface area contributed by atoms with Crippen molar-refractivity contribution >= 4 is 5.78 Å². The zero-order valence-corrected chi connectivity index (χ0v) is 5.05. The van der Waals surface area contributed by atoms with Gasteiger partial charge in [-0.25, -0.2) is 0 Å². The van der Waals surface area contributed by atoms with Crippen molar-refractivity contribution in [3.63, 3.8) is 0 Å². The maximum atomic E-state index is 10.3. The van der Waals surface area contributed by atoms with Gasteiger partial charge in [0.1, 0.15) is 5.78 Å². The second-order valence-corrected chi connectivity index (χ2v) is 2.11. The Kier molecular flexibility index (Phi) is 1.47. The normalized spacial score (nSPS) is 27.1. The van der Waals surface area contributed by atoms with E-state index in [1.54, 1.807) is 0 Å². The van der Waals surface area contributed by atoms with Gasteiger partial charge in [-0.3, -0.25) is 4.79 Å². The van der Waals surface area contributed by atoms with Crippen molar-refractivity contribution in [3.05, 3.63) is 12.2 Å². The molecule has 0 N–H and O–H groups in total. The van der Waals surface area contributed by atoms with Crippen LogP contribution in [0.5, 0.6) is 0 Å². The molecule has 1 unspecified atom stereocenters. The lowest BCUT2D eigenvalue weighted by atomic mass is 10.3. The summed E-state index contributed by atoms with van der Waals surface area (Å²) >= 11 is 0. The Labute approximate surface area is 49.4 Å². The summed E-state index contributed by atoms with van der Waals surface area (Å²) < 4.78 is 0. The SMILES string of the molecule is CCC=CC1CC1=O. The first kappa shape index (κ1) is 5.54. The predicted molar refractivity (Wildman–Crippen MR) is 32.5 cm³/mol. The molecule has 1 nitrogen and oxygen atoms in total. The van der Waals surface area contributed by atoms with Crippen LogP contribution in [0, 0.1) is 5.92 Å². The van der Waals surface area contributed by atoms with Crippen molar-refractivity contribution in [3.8, 4) is 0 Å². The molecule has 0 bridgehead atoms. The van der Waals surface area contributed by atoms with Crippen molar-refractivity contribution in [1.29, 1.82) is 0 Å². The summed E-state index contributed by atoms with van der Waals surface area (Å²) in [5, 5.41) is 0. The van der Waals surface area contributed by atoms with E-state index < -0.39 is 0 Å². The summed E-state index contributed by atoms with van der Waals surface area (Å²) in [6.07, 6.45) is 5.89. The van der Waals surface area contributed by atoms with E-state index in [9.17, 15) is 4.79 Å². The Balaban J connectivity index is 2.21. The molecule has 1 atom stereocenters. The number of allylic oxidation sites excluding steroid dienone is 2. The summed E-state index contributed by atoms with van der Waals surface area (Å²) in [5.41, 5.74) is 0. The molecule has 1 heteroatoms. The Bertz CT molecular complexity index is 124. The van der Waals surface area contributed by atoms with Crippen LogP contribution in [0.4, 0.5) is 0 Å². The van der Waals surface area contributed by atoms with Crippen molar-refractivity contribution in [2.45, 2.75) is 19.8 Å². The van der Waals surface area contributed by atoms with Gasteiger partial charge in [0.25, 0.3) is 0 Å². The maximum absolute atomic E-state index is 10.3. The summed E-state index contributed by atoms with van der Waals surface area (Å²) in [7, 11) is 0. The van der Waals surface area contributed by atoms with Gasteiger partial charge in [-0.2, -0.15) is 0 Å². The fourth-order valence-corrected chi connectivity index (χ4v) is 0.634. The Morgan fingerprint density at radius 1 is 1.88 bits per heavy atom. The lowest BCUT2D eigenvalue weighted by molar-refractivity contribution is -0.110. The molecule has 1 fully saturated rings. The molecule has 1 saturated carbocycles. The quantitative estimate of drug-likeness (QED) is 0.493. The van der Waals surface area contributed by atoms with Crippen molar-refractivity contribution < 1.29 is 4.79 Å². The van der Waals surface area contributed by atoms with Crippen molar-refractivity contribution in [2.24, 2.45) is 5.92 Å². The summed E-state index contributed by atoms with van der Waals surface area (Å²) in [6, 6.07) is 0. The molecule has 0 aromatic rings. The van der Waals surface area contributed by atoms with Crippen LogP contribution < -0.4 is 0 Å². The minimum atomic E-state index is 0.301. The average Bonchev–Trinajstić information content (AvgIpc) is 2.42. The van der Waals surface area contributed by atoms with Gasteiger partial charge in [-0.1, -0.05) is 19.1 Å². The maximum Gasteiger partial charge on any atom is 0.141 e. The van der Waals surface area contributed by atoms with Crippen LogP contribution in [0.15, 0.2) is 12.2 Å². The van der Waals surface area contributed by atoms with E-state index in [1.807, 2.05) is 6.08 Å². The highest BCUT2D eigenvalue weighted by atomic mass is 16.1. The van der Waals surface area contributed by atoms with Gasteiger partial charge in [0.05, 0.1) is 0 Å². The van der Waals surface area contributed by atoms with E-state index in [0.717, 1.165) is 12.8 Å². The molecule has 0 radical (unpaired) electrons. The molecule has 0 aromatic carbocycles. The third-order valence-corrected chi connectivity index (χ3v) is 1.28. The van der Waals surface area contributed by atoms with E-state index in [0.29, 0.717) is 11.7 Å². The lowest BCUT2D eigenvalue weighted by Gasteiger charge is -1.74. The number of Topliss-reactive ketones (excluding diaryl/α,β-unsaturated/α-hetero) is 1. The van der Waals surface area contributed by atoms with Crippen LogP contribution in [0.25, 0.3) is 0 Å². The molecule has 1 rings (SSSR count). The highest BCUT2D eigenvalue weighted by Crippen LogP contribution is 2.24. The van der Waals surface area contributed by atoms with Crippen LogP contribution >= 0.6 is 0 Å². The Hall–Kier alpha value is -0.590. The number of carbonyl (C=O) groups excluding carboxylic acids is 1. The fraction of sp³-hybridized carbons (Fsp3) is 0.571. The summed E-state index contributed by atoms with van der Waals surface area (Å²) in [6.45, 7) is 2.07. The molecule has 0 saturated heterocycles. The molecule has 44 valence electrons. The lowest BCUT2D eigenvalue weighted by Crippen LogP contribution is -1.68. The van der Waals surface area contributed by atoms with E-state index in [-0.39, 0.29) is 0 Å². The second-order valence-electron chi connectivity index (χ2n) is 2.11. The molecule has 0 heterocycles. The van der Waals surface area contributed by atoms with Crippen LogP contribution in [-0.4, -0.2) is 5.78 Å². The zero-order chi connectivity index (χ0) is 5.98. The first-order valence-electron chi connectivity index (χ1n) is 3.04. The molecular weight excluding hydrogens is 100 g/mol. The van der Waals surface area contributed by atoms with Gasteiger partial charge < -0.3 is 0 Å². The highest BCUT2D eigenvalue weighted by molar-refractivity contribution is 5.97. The summed E-state index contributed by atoms with van der Waals surface area (Å²) in [5.74, 6) is 0.699. The fourth-order valence-electron chi connectivity index (χ4n) is 0.634. The predicted octanol–water partition coefficient (Wildman–Crippen LogP) is 1.54. The molecule has 0 aromatic heterocycles.